The Hall–Kier alpha value is -5.94. The van der Waals surface area contributed by atoms with E-state index in [4.69, 9.17) is 0 Å². The zero-order chi connectivity index (χ0) is 28.6. The summed E-state index contributed by atoms with van der Waals surface area (Å²) in [6.45, 7) is 0. The molecule has 5 aromatic carbocycles. The van der Waals surface area contributed by atoms with Gasteiger partial charge in [0, 0.05) is 63.5 Å². The maximum atomic E-state index is 4.65. The molecule has 0 bridgehead atoms. The maximum Gasteiger partial charge on any atom is 0.0891 e. The lowest BCUT2D eigenvalue weighted by Gasteiger charge is -2.16. The second kappa shape index (κ2) is 10.5. The van der Waals surface area contributed by atoms with Crippen LogP contribution in [0.15, 0.2) is 152 Å². The largest absolute Gasteiger partial charge is 0.308 e. The van der Waals surface area contributed by atoms with Crippen LogP contribution in [0, 0.1) is 0 Å². The number of para-hydroxylation sites is 3. The molecule has 0 atom stereocenters. The number of aromatic nitrogens is 5. The van der Waals surface area contributed by atoms with Gasteiger partial charge in [-0.15, -0.1) is 0 Å². The number of benzene rings is 5. The number of rotatable bonds is 5. The summed E-state index contributed by atoms with van der Waals surface area (Å²) in [6, 6.07) is 40.7. The fraction of sp³-hybridized carbons (Fsp3) is 0. The summed E-state index contributed by atoms with van der Waals surface area (Å²) in [6.07, 6.45) is 10.6. The van der Waals surface area contributed by atoms with Gasteiger partial charge in [0.05, 0.1) is 34.8 Å². The van der Waals surface area contributed by atoms with E-state index in [-0.39, 0.29) is 0 Å². The molecule has 0 amide bonds. The summed E-state index contributed by atoms with van der Waals surface area (Å²) in [5, 5.41) is 2.37. The second-order valence-electron chi connectivity index (χ2n) is 10.3. The summed E-state index contributed by atoms with van der Waals surface area (Å²) < 4.78 is 2.41. The maximum absolute atomic E-state index is 4.65. The molecule has 0 radical (unpaired) electrons. The standard InChI is InChI=1S/C38H25N5/c1-2-10-26(11-3-1)43-37-31(27-12-4-6-14-29(27)35-24-39-20-22-41-35)16-8-18-33(37)34-19-9-17-32(38(34)43)28-13-5-7-15-30(28)36-25-40-21-23-42-36/h1-25H. The van der Waals surface area contributed by atoms with Crippen LogP contribution in [0.1, 0.15) is 0 Å². The van der Waals surface area contributed by atoms with Gasteiger partial charge < -0.3 is 4.57 Å². The first kappa shape index (κ1) is 24.8. The minimum absolute atomic E-state index is 0.844. The van der Waals surface area contributed by atoms with Crippen LogP contribution in [0.25, 0.3) is 72.3 Å². The lowest BCUT2D eigenvalue weighted by molar-refractivity contribution is 1.18. The molecule has 0 unspecified atom stereocenters. The Morgan fingerprint density at radius 3 is 1.28 bits per heavy atom. The SMILES string of the molecule is c1ccc(-n2c3c(-c4ccccc4-c4cnccn4)cccc3c3cccc(-c4ccccc4-c4cnccn4)c32)cc1. The summed E-state index contributed by atoms with van der Waals surface area (Å²) in [7, 11) is 0. The minimum atomic E-state index is 0.844. The van der Waals surface area contributed by atoms with Crippen molar-refractivity contribution in [2.24, 2.45) is 0 Å². The van der Waals surface area contributed by atoms with Gasteiger partial charge in [0.2, 0.25) is 0 Å². The highest BCUT2D eigenvalue weighted by atomic mass is 15.0. The minimum Gasteiger partial charge on any atom is -0.308 e. The Labute approximate surface area is 248 Å². The lowest BCUT2D eigenvalue weighted by Crippen LogP contribution is -1.98. The molecule has 202 valence electrons. The van der Waals surface area contributed by atoms with E-state index in [0.717, 1.165) is 61.5 Å². The van der Waals surface area contributed by atoms with Crippen molar-refractivity contribution in [3.63, 3.8) is 0 Å². The monoisotopic (exact) mass is 551 g/mol. The Bertz CT molecular complexity index is 2080. The fourth-order valence-corrected chi connectivity index (χ4v) is 6.14. The zero-order valence-corrected chi connectivity index (χ0v) is 23.2. The number of fused-ring (bicyclic) bond motifs is 3. The summed E-state index contributed by atoms with van der Waals surface area (Å²) in [4.78, 5) is 18.0. The van der Waals surface area contributed by atoms with Crippen LogP contribution in [-0.4, -0.2) is 24.5 Å². The van der Waals surface area contributed by atoms with Crippen molar-refractivity contribution in [3.8, 4) is 50.5 Å². The third kappa shape index (κ3) is 4.18. The van der Waals surface area contributed by atoms with Crippen LogP contribution in [0.3, 0.4) is 0 Å². The van der Waals surface area contributed by atoms with Crippen LogP contribution >= 0.6 is 0 Å². The van der Waals surface area contributed by atoms with E-state index in [0.29, 0.717) is 0 Å². The Morgan fingerprint density at radius 2 is 0.814 bits per heavy atom. The third-order valence-corrected chi connectivity index (χ3v) is 7.94. The van der Waals surface area contributed by atoms with Gasteiger partial charge in [-0.25, -0.2) is 0 Å². The van der Waals surface area contributed by atoms with Gasteiger partial charge >= 0.3 is 0 Å². The molecule has 43 heavy (non-hydrogen) atoms. The lowest BCUT2D eigenvalue weighted by atomic mass is 9.95. The van der Waals surface area contributed by atoms with E-state index in [1.54, 1.807) is 24.8 Å². The predicted molar refractivity (Wildman–Crippen MR) is 174 cm³/mol. The van der Waals surface area contributed by atoms with E-state index in [1.165, 1.54) is 10.8 Å². The van der Waals surface area contributed by atoms with Crippen molar-refractivity contribution in [2.45, 2.75) is 0 Å². The molecule has 0 saturated heterocycles. The quantitative estimate of drug-likeness (QED) is 0.214. The van der Waals surface area contributed by atoms with Crippen molar-refractivity contribution in [2.75, 3.05) is 0 Å². The van der Waals surface area contributed by atoms with E-state index in [1.807, 2.05) is 12.4 Å². The first-order chi connectivity index (χ1) is 21.4. The van der Waals surface area contributed by atoms with Gasteiger partial charge in [0.1, 0.15) is 0 Å². The highest BCUT2D eigenvalue weighted by molar-refractivity contribution is 6.18. The Morgan fingerprint density at radius 1 is 0.372 bits per heavy atom. The van der Waals surface area contributed by atoms with Gasteiger partial charge in [0.15, 0.2) is 0 Å². The van der Waals surface area contributed by atoms with Gasteiger partial charge in [-0.3, -0.25) is 19.9 Å². The molecular weight excluding hydrogens is 526 g/mol. The average molecular weight is 552 g/mol. The first-order valence-electron chi connectivity index (χ1n) is 14.2. The normalized spacial score (nSPS) is 11.3. The van der Waals surface area contributed by atoms with Crippen molar-refractivity contribution >= 4 is 21.8 Å². The zero-order valence-electron chi connectivity index (χ0n) is 23.2. The van der Waals surface area contributed by atoms with Crippen molar-refractivity contribution in [1.82, 2.24) is 24.5 Å². The molecular formula is C38H25N5. The van der Waals surface area contributed by atoms with Gasteiger partial charge in [-0.05, 0) is 23.3 Å². The highest BCUT2D eigenvalue weighted by Crippen LogP contribution is 2.44. The molecule has 5 nitrogen and oxygen atoms in total. The van der Waals surface area contributed by atoms with E-state index in [9.17, 15) is 0 Å². The molecule has 0 aliphatic rings. The van der Waals surface area contributed by atoms with Gasteiger partial charge in [0.25, 0.3) is 0 Å². The number of nitrogens with zero attached hydrogens (tertiary/aromatic N) is 5. The number of hydrogen-bond donors (Lipinski definition) is 0. The van der Waals surface area contributed by atoms with E-state index < -0.39 is 0 Å². The molecule has 0 fully saturated rings. The summed E-state index contributed by atoms with van der Waals surface area (Å²) in [5.41, 5.74) is 11.6. The molecule has 0 saturated carbocycles. The second-order valence-corrected chi connectivity index (χ2v) is 10.3. The predicted octanol–water partition coefficient (Wildman–Crippen LogP) is 9.03. The topological polar surface area (TPSA) is 56.5 Å². The molecule has 0 spiro atoms. The molecule has 5 heteroatoms. The van der Waals surface area contributed by atoms with E-state index in [2.05, 4.69) is 140 Å². The van der Waals surface area contributed by atoms with Crippen molar-refractivity contribution in [1.29, 1.82) is 0 Å². The first-order valence-corrected chi connectivity index (χ1v) is 14.2. The Balaban J connectivity index is 1.51. The summed E-state index contributed by atoms with van der Waals surface area (Å²) >= 11 is 0. The molecule has 0 N–H and O–H groups in total. The van der Waals surface area contributed by atoms with Crippen LogP contribution in [0.4, 0.5) is 0 Å². The smallest absolute Gasteiger partial charge is 0.0891 e. The highest BCUT2D eigenvalue weighted by Gasteiger charge is 2.22. The van der Waals surface area contributed by atoms with Crippen molar-refractivity contribution < 1.29 is 0 Å². The molecule has 0 aliphatic carbocycles. The van der Waals surface area contributed by atoms with Crippen LogP contribution in [0.2, 0.25) is 0 Å². The van der Waals surface area contributed by atoms with Crippen molar-refractivity contribution in [3.05, 3.63) is 152 Å². The van der Waals surface area contributed by atoms with Crippen LogP contribution < -0.4 is 0 Å². The molecule has 3 aromatic heterocycles. The fourth-order valence-electron chi connectivity index (χ4n) is 6.14. The molecule has 0 aliphatic heterocycles. The average Bonchev–Trinajstić information content (AvgIpc) is 3.44. The molecule has 8 rings (SSSR count). The van der Waals surface area contributed by atoms with Gasteiger partial charge in [-0.2, -0.15) is 0 Å². The van der Waals surface area contributed by atoms with E-state index >= 15 is 0 Å². The van der Waals surface area contributed by atoms with Crippen LogP contribution in [-0.2, 0) is 0 Å². The van der Waals surface area contributed by atoms with Crippen LogP contribution in [0.5, 0.6) is 0 Å². The van der Waals surface area contributed by atoms with Gasteiger partial charge in [-0.1, -0.05) is 103 Å². The molecule has 3 heterocycles. The molecule has 8 aromatic rings. The number of hydrogen-bond acceptors (Lipinski definition) is 4. The Kier molecular flexibility index (Phi) is 6.05. The third-order valence-electron chi connectivity index (χ3n) is 7.94. The summed E-state index contributed by atoms with van der Waals surface area (Å²) in [5.74, 6) is 0.